The predicted molar refractivity (Wildman–Crippen MR) is 116 cm³/mol. The van der Waals surface area contributed by atoms with Crippen LogP contribution in [0.25, 0.3) is 22.3 Å². The van der Waals surface area contributed by atoms with E-state index in [1.807, 2.05) is 18.2 Å². The van der Waals surface area contributed by atoms with Crippen LogP contribution in [0, 0.1) is 5.82 Å². The standard InChI is InChI=1S/C22H16FN7O/c23-16-11-14(1-2-19(16)31-18-6-10-27-21-15(18)5-9-26-21)28-20-12-17(29-22(24)30-20)13-3-7-25-8-4-13/h1-12H,(H,26,27)(H3,24,28,29,30). The van der Waals surface area contributed by atoms with E-state index in [9.17, 15) is 4.39 Å². The molecule has 0 saturated heterocycles. The van der Waals surface area contributed by atoms with Crippen LogP contribution in [-0.4, -0.2) is 24.9 Å². The topological polar surface area (TPSA) is 115 Å². The van der Waals surface area contributed by atoms with Crippen LogP contribution in [0.15, 0.2) is 73.3 Å². The average Bonchev–Trinajstić information content (AvgIpc) is 3.26. The molecular weight excluding hydrogens is 397 g/mol. The highest BCUT2D eigenvalue weighted by Crippen LogP contribution is 2.32. The van der Waals surface area contributed by atoms with E-state index in [1.54, 1.807) is 49.1 Å². The Morgan fingerprint density at radius 3 is 2.65 bits per heavy atom. The summed E-state index contributed by atoms with van der Waals surface area (Å²) in [6.07, 6.45) is 6.68. The number of ether oxygens (including phenoxy) is 1. The monoisotopic (exact) mass is 413 g/mol. The Balaban J connectivity index is 1.39. The second kappa shape index (κ2) is 7.71. The zero-order valence-electron chi connectivity index (χ0n) is 16.1. The summed E-state index contributed by atoms with van der Waals surface area (Å²) in [5, 5.41) is 3.82. The molecule has 8 nitrogen and oxygen atoms in total. The third-order valence-corrected chi connectivity index (χ3v) is 4.56. The van der Waals surface area contributed by atoms with Crippen molar-refractivity contribution in [2.75, 3.05) is 11.1 Å². The van der Waals surface area contributed by atoms with Crippen LogP contribution in [0.1, 0.15) is 0 Å². The first kappa shape index (κ1) is 18.5. The Morgan fingerprint density at radius 1 is 0.935 bits per heavy atom. The van der Waals surface area contributed by atoms with Crippen LogP contribution in [0.4, 0.5) is 21.8 Å². The third-order valence-electron chi connectivity index (χ3n) is 4.56. The number of halogens is 1. The van der Waals surface area contributed by atoms with Gasteiger partial charge in [-0.3, -0.25) is 4.98 Å². The van der Waals surface area contributed by atoms with E-state index in [0.717, 1.165) is 10.9 Å². The predicted octanol–water partition coefficient (Wildman–Crippen LogP) is 4.67. The summed E-state index contributed by atoms with van der Waals surface area (Å²) in [5.41, 5.74) is 8.48. The molecule has 0 saturated carbocycles. The van der Waals surface area contributed by atoms with Gasteiger partial charge in [-0.1, -0.05) is 0 Å². The summed E-state index contributed by atoms with van der Waals surface area (Å²) < 4.78 is 20.5. The van der Waals surface area contributed by atoms with Crippen molar-refractivity contribution in [3.05, 3.63) is 79.1 Å². The maximum Gasteiger partial charge on any atom is 0.222 e. The second-order valence-electron chi connectivity index (χ2n) is 6.65. The quantitative estimate of drug-likeness (QED) is 0.383. The van der Waals surface area contributed by atoms with Crippen LogP contribution < -0.4 is 15.8 Å². The third kappa shape index (κ3) is 3.84. The van der Waals surface area contributed by atoms with Gasteiger partial charge in [0.25, 0.3) is 0 Å². The molecule has 31 heavy (non-hydrogen) atoms. The first-order valence-corrected chi connectivity index (χ1v) is 9.37. The van der Waals surface area contributed by atoms with Gasteiger partial charge in [-0.15, -0.1) is 0 Å². The second-order valence-corrected chi connectivity index (χ2v) is 6.65. The van der Waals surface area contributed by atoms with Crippen molar-refractivity contribution >= 4 is 28.5 Å². The fourth-order valence-corrected chi connectivity index (χ4v) is 3.15. The molecule has 0 amide bonds. The van der Waals surface area contributed by atoms with Gasteiger partial charge >= 0.3 is 0 Å². The summed E-state index contributed by atoms with van der Waals surface area (Å²) in [7, 11) is 0. The van der Waals surface area contributed by atoms with Gasteiger partial charge in [0.05, 0.1) is 11.1 Å². The van der Waals surface area contributed by atoms with Gasteiger partial charge in [0, 0.05) is 48.2 Å². The van der Waals surface area contributed by atoms with Gasteiger partial charge in [-0.05, 0) is 36.4 Å². The fraction of sp³-hybridized carbons (Fsp3) is 0. The van der Waals surface area contributed by atoms with Gasteiger partial charge < -0.3 is 20.8 Å². The largest absolute Gasteiger partial charge is 0.453 e. The number of aromatic amines is 1. The number of nitrogen functional groups attached to an aromatic ring is 1. The van der Waals surface area contributed by atoms with Crippen LogP contribution in [0.2, 0.25) is 0 Å². The number of benzene rings is 1. The van der Waals surface area contributed by atoms with E-state index in [-0.39, 0.29) is 11.7 Å². The van der Waals surface area contributed by atoms with Crippen LogP contribution in [0.3, 0.4) is 0 Å². The van der Waals surface area contributed by atoms with Crippen molar-refractivity contribution in [2.24, 2.45) is 0 Å². The lowest BCUT2D eigenvalue weighted by molar-refractivity contribution is 0.446. The lowest BCUT2D eigenvalue weighted by Crippen LogP contribution is -2.02. The summed E-state index contributed by atoms with van der Waals surface area (Å²) in [6, 6.07) is 13.4. The summed E-state index contributed by atoms with van der Waals surface area (Å²) in [4.78, 5) is 19.6. The Kier molecular flexibility index (Phi) is 4.60. The van der Waals surface area contributed by atoms with E-state index >= 15 is 0 Å². The van der Waals surface area contributed by atoms with E-state index in [2.05, 4.69) is 30.2 Å². The van der Waals surface area contributed by atoms with Gasteiger partial charge in [0.2, 0.25) is 5.95 Å². The molecule has 4 heterocycles. The molecule has 0 aliphatic carbocycles. The highest BCUT2D eigenvalue weighted by molar-refractivity contribution is 5.82. The van der Waals surface area contributed by atoms with E-state index in [0.29, 0.717) is 28.6 Å². The molecule has 5 aromatic rings. The van der Waals surface area contributed by atoms with Crippen molar-refractivity contribution in [1.29, 1.82) is 0 Å². The molecule has 0 bridgehead atoms. The van der Waals surface area contributed by atoms with Crippen LogP contribution >= 0.6 is 0 Å². The fourth-order valence-electron chi connectivity index (χ4n) is 3.15. The lowest BCUT2D eigenvalue weighted by atomic mass is 10.2. The highest BCUT2D eigenvalue weighted by Gasteiger charge is 2.11. The van der Waals surface area contributed by atoms with Gasteiger partial charge in [-0.25, -0.2) is 14.4 Å². The number of rotatable bonds is 5. The number of fused-ring (bicyclic) bond motifs is 1. The van der Waals surface area contributed by atoms with E-state index < -0.39 is 5.82 Å². The highest BCUT2D eigenvalue weighted by atomic mass is 19.1. The Bertz CT molecular complexity index is 1370. The number of hydrogen-bond donors (Lipinski definition) is 3. The number of anilines is 3. The van der Waals surface area contributed by atoms with E-state index in [1.165, 1.54) is 6.07 Å². The summed E-state index contributed by atoms with van der Waals surface area (Å²) in [6.45, 7) is 0. The molecule has 0 aliphatic rings. The number of H-pyrrole nitrogens is 1. The Labute approximate surface area is 176 Å². The summed E-state index contributed by atoms with van der Waals surface area (Å²) in [5.74, 6) is 0.623. The van der Waals surface area contributed by atoms with Crippen molar-refractivity contribution in [3.8, 4) is 22.8 Å². The molecule has 0 atom stereocenters. The minimum atomic E-state index is -0.526. The SMILES string of the molecule is Nc1nc(Nc2ccc(Oc3ccnc4[nH]ccc34)c(F)c2)cc(-c2ccncc2)n1. The molecule has 9 heteroatoms. The number of nitrogens with two attached hydrogens (primary N) is 1. The molecule has 4 N–H and O–H groups in total. The molecule has 4 aromatic heterocycles. The van der Waals surface area contributed by atoms with Crippen molar-refractivity contribution < 1.29 is 9.13 Å². The van der Waals surface area contributed by atoms with Crippen LogP contribution in [0.5, 0.6) is 11.5 Å². The number of nitrogens with one attached hydrogen (secondary N) is 2. The molecule has 5 rings (SSSR count). The first-order chi connectivity index (χ1) is 15.2. The number of pyridine rings is 2. The van der Waals surface area contributed by atoms with Crippen molar-refractivity contribution in [3.63, 3.8) is 0 Å². The van der Waals surface area contributed by atoms with E-state index in [4.69, 9.17) is 10.5 Å². The minimum absolute atomic E-state index is 0.0962. The van der Waals surface area contributed by atoms with Crippen molar-refractivity contribution in [1.82, 2.24) is 24.9 Å². The smallest absolute Gasteiger partial charge is 0.222 e. The van der Waals surface area contributed by atoms with Gasteiger partial charge in [-0.2, -0.15) is 4.98 Å². The molecule has 1 aromatic carbocycles. The number of hydrogen-bond acceptors (Lipinski definition) is 7. The van der Waals surface area contributed by atoms with Crippen molar-refractivity contribution in [2.45, 2.75) is 0 Å². The molecule has 152 valence electrons. The van der Waals surface area contributed by atoms with Gasteiger partial charge in [0.1, 0.15) is 17.2 Å². The summed E-state index contributed by atoms with van der Waals surface area (Å²) >= 11 is 0. The lowest BCUT2D eigenvalue weighted by Gasteiger charge is -2.11. The average molecular weight is 413 g/mol. The maximum atomic E-state index is 14.7. The maximum absolute atomic E-state index is 14.7. The van der Waals surface area contributed by atoms with Gasteiger partial charge in [0.15, 0.2) is 11.6 Å². The first-order valence-electron chi connectivity index (χ1n) is 9.37. The molecule has 0 spiro atoms. The number of aromatic nitrogens is 5. The molecule has 0 unspecified atom stereocenters. The van der Waals surface area contributed by atoms with Crippen LogP contribution in [-0.2, 0) is 0 Å². The Hall–Kier alpha value is -4.53. The molecule has 0 aliphatic heterocycles. The molecule has 0 radical (unpaired) electrons. The molecular formula is C22H16FN7O. The Morgan fingerprint density at radius 2 is 1.81 bits per heavy atom. The molecule has 0 fully saturated rings. The minimum Gasteiger partial charge on any atom is -0.453 e. The number of nitrogens with zero attached hydrogens (tertiary/aromatic N) is 4. The zero-order valence-corrected chi connectivity index (χ0v) is 16.1. The zero-order chi connectivity index (χ0) is 21.2. The normalized spacial score (nSPS) is 10.9.